The topological polar surface area (TPSA) is 63.9 Å². The Labute approximate surface area is 194 Å². The normalized spacial score (nSPS) is 11.7. The van der Waals surface area contributed by atoms with Gasteiger partial charge in [0.05, 0.1) is 26.9 Å². The van der Waals surface area contributed by atoms with Gasteiger partial charge in [0, 0.05) is 24.3 Å². The van der Waals surface area contributed by atoms with Gasteiger partial charge < -0.3 is 14.2 Å². The van der Waals surface area contributed by atoms with Crippen LogP contribution in [0.3, 0.4) is 0 Å². The number of hydrogen-bond donors (Lipinski definition) is 0. The van der Waals surface area contributed by atoms with Gasteiger partial charge in [0.25, 0.3) is 5.91 Å². The summed E-state index contributed by atoms with van der Waals surface area (Å²) in [5.74, 6) is -0.854. The van der Waals surface area contributed by atoms with E-state index in [0.29, 0.717) is 25.9 Å². The van der Waals surface area contributed by atoms with E-state index < -0.39 is 11.9 Å². The summed E-state index contributed by atoms with van der Waals surface area (Å²) in [5, 5.41) is 0.659. The SMILES string of the molecule is CCOC(=O)Cn1c(=NC(=O)c2ccc(N(CC)CC)cc2)sc2ccc(Cl)c(Cl)c21. The minimum absolute atomic E-state index is 0.124. The van der Waals surface area contributed by atoms with E-state index in [4.69, 9.17) is 27.9 Å². The Kier molecular flexibility index (Phi) is 7.75. The van der Waals surface area contributed by atoms with Gasteiger partial charge in [-0.2, -0.15) is 4.99 Å². The largest absolute Gasteiger partial charge is 0.465 e. The number of thiazole rings is 1. The zero-order valence-corrected chi connectivity index (χ0v) is 19.9. The summed E-state index contributed by atoms with van der Waals surface area (Å²) in [6.45, 7) is 7.79. The molecule has 3 rings (SSSR count). The molecule has 0 spiro atoms. The maximum atomic E-state index is 12.9. The van der Waals surface area contributed by atoms with E-state index in [0.717, 1.165) is 23.5 Å². The summed E-state index contributed by atoms with van der Waals surface area (Å²) in [5.41, 5.74) is 2.05. The number of amides is 1. The van der Waals surface area contributed by atoms with Crippen molar-refractivity contribution in [2.75, 3.05) is 24.6 Å². The molecule has 0 saturated carbocycles. The minimum Gasteiger partial charge on any atom is -0.465 e. The van der Waals surface area contributed by atoms with Crippen LogP contribution in [-0.2, 0) is 16.1 Å². The summed E-state index contributed by atoms with van der Waals surface area (Å²) in [4.78, 5) is 31.9. The molecule has 3 aromatic rings. The Morgan fingerprint density at radius 1 is 1.06 bits per heavy atom. The molecule has 31 heavy (non-hydrogen) atoms. The Hall–Kier alpha value is -2.35. The third-order valence-corrected chi connectivity index (χ3v) is 6.60. The first-order chi connectivity index (χ1) is 14.9. The number of anilines is 1. The molecule has 1 aromatic heterocycles. The van der Waals surface area contributed by atoms with Crippen LogP contribution in [0.15, 0.2) is 41.4 Å². The Morgan fingerprint density at radius 3 is 2.35 bits per heavy atom. The van der Waals surface area contributed by atoms with Gasteiger partial charge in [-0.3, -0.25) is 9.59 Å². The minimum atomic E-state index is -0.448. The van der Waals surface area contributed by atoms with Crippen molar-refractivity contribution in [3.05, 3.63) is 56.8 Å². The van der Waals surface area contributed by atoms with E-state index >= 15 is 0 Å². The Bertz CT molecular complexity index is 1170. The molecule has 0 fully saturated rings. The fraction of sp³-hybridized carbons (Fsp3) is 0.318. The van der Waals surface area contributed by atoms with E-state index in [1.807, 2.05) is 12.1 Å². The lowest BCUT2D eigenvalue weighted by atomic mass is 10.2. The van der Waals surface area contributed by atoms with Crippen LogP contribution in [0.25, 0.3) is 10.2 Å². The number of ether oxygens (including phenoxy) is 1. The molecule has 0 aliphatic rings. The molecular formula is C22H23Cl2N3O3S. The highest BCUT2D eigenvalue weighted by atomic mass is 35.5. The van der Waals surface area contributed by atoms with Crippen LogP contribution in [0.2, 0.25) is 10.0 Å². The Morgan fingerprint density at radius 2 is 1.74 bits per heavy atom. The van der Waals surface area contributed by atoms with Gasteiger partial charge in [-0.15, -0.1) is 0 Å². The molecule has 0 aliphatic carbocycles. The van der Waals surface area contributed by atoms with Crippen LogP contribution in [0.5, 0.6) is 0 Å². The van der Waals surface area contributed by atoms with Gasteiger partial charge in [-0.05, 0) is 57.2 Å². The molecule has 0 aliphatic heterocycles. The number of esters is 1. The van der Waals surface area contributed by atoms with Crippen molar-refractivity contribution >= 4 is 62.3 Å². The molecule has 0 unspecified atom stereocenters. The van der Waals surface area contributed by atoms with Gasteiger partial charge in [0.2, 0.25) is 0 Å². The molecule has 1 amide bonds. The molecule has 164 valence electrons. The quantitative estimate of drug-likeness (QED) is 0.439. The molecule has 0 atom stereocenters. The molecule has 0 radical (unpaired) electrons. The van der Waals surface area contributed by atoms with Crippen molar-refractivity contribution < 1.29 is 14.3 Å². The van der Waals surface area contributed by atoms with Crippen LogP contribution < -0.4 is 9.70 Å². The maximum absolute atomic E-state index is 12.9. The highest BCUT2D eigenvalue weighted by molar-refractivity contribution is 7.16. The fourth-order valence-electron chi connectivity index (χ4n) is 3.23. The number of aromatic nitrogens is 1. The molecule has 0 bridgehead atoms. The summed E-state index contributed by atoms with van der Waals surface area (Å²) in [6, 6.07) is 10.8. The molecule has 0 N–H and O–H groups in total. The van der Waals surface area contributed by atoms with E-state index in [9.17, 15) is 9.59 Å². The first kappa shape index (κ1) is 23.3. The number of hydrogen-bond acceptors (Lipinski definition) is 5. The number of fused-ring (bicyclic) bond motifs is 1. The predicted octanol–water partition coefficient (Wildman–Crippen LogP) is 5.16. The first-order valence-electron chi connectivity index (χ1n) is 9.96. The zero-order valence-electron chi connectivity index (χ0n) is 17.5. The number of benzene rings is 2. The molecule has 1 heterocycles. The van der Waals surface area contributed by atoms with Crippen molar-refractivity contribution in [2.24, 2.45) is 4.99 Å². The van der Waals surface area contributed by atoms with Gasteiger partial charge in [0.15, 0.2) is 4.80 Å². The second-order valence-electron chi connectivity index (χ2n) is 6.62. The third-order valence-electron chi connectivity index (χ3n) is 4.77. The van der Waals surface area contributed by atoms with Gasteiger partial charge in [-0.25, -0.2) is 0 Å². The number of halogens is 2. The summed E-state index contributed by atoms with van der Waals surface area (Å²) in [7, 11) is 0. The van der Waals surface area contributed by atoms with Crippen LogP contribution in [0.4, 0.5) is 5.69 Å². The average Bonchev–Trinajstić information content (AvgIpc) is 3.09. The lowest BCUT2D eigenvalue weighted by Gasteiger charge is -2.20. The summed E-state index contributed by atoms with van der Waals surface area (Å²) in [6.07, 6.45) is 0. The van der Waals surface area contributed by atoms with Gasteiger partial charge in [0.1, 0.15) is 6.54 Å². The van der Waals surface area contributed by atoms with Crippen molar-refractivity contribution in [1.29, 1.82) is 0 Å². The smallest absolute Gasteiger partial charge is 0.326 e. The Balaban J connectivity index is 2.05. The number of carbonyl (C=O) groups excluding carboxylic acids is 2. The zero-order chi connectivity index (χ0) is 22.5. The van der Waals surface area contributed by atoms with E-state index in [2.05, 4.69) is 23.7 Å². The van der Waals surface area contributed by atoms with Gasteiger partial charge in [-0.1, -0.05) is 34.5 Å². The summed E-state index contributed by atoms with van der Waals surface area (Å²) >= 11 is 13.8. The fourth-order valence-corrected chi connectivity index (χ4v) is 4.74. The molecule has 9 heteroatoms. The summed E-state index contributed by atoms with van der Waals surface area (Å²) < 4.78 is 7.42. The van der Waals surface area contributed by atoms with Crippen molar-refractivity contribution in [3.63, 3.8) is 0 Å². The second-order valence-corrected chi connectivity index (χ2v) is 8.41. The molecular weight excluding hydrogens is 457 g/mol. The van der Waals surface area contributed by atoms with E-state index in [-0.39, 0.29) is 13.2 Å². The maximum Gasteiger partial charge on any atom is 0.326 e. The first-order valence-corrected chi connectivity index (χ1v) is 11.5. The van der Waals surface area contributed by atoms with Gasteiger partial charge >= 0.3 is 5.97 Å². The standard InChI is InChI=1S/C22H23Cl2N3O3S/c1-4-26(5-2)15-9-7-14(8-10-15)21(29)25-22-27(13-18(28)30-6-3)20-17(31-22)12-11-16(23)19(20)24/h7-12H,4-6,13H2,1-3H3. The highest BCUT2D eigenvalue weighted by Gasteiger charge is 2.17. The average molecular weight is 480 g/mol. The predicted molar refractivity (Wildman–Crippen MR) is 126 cm³/mol. The number of nitrogens with zero attached hydrogens (tertiary/aromatic N) is 3. The monoisotopic (exact) mass is 479 g/mol. The second kappa shape index (κ2) is 10.3. The highest BCUT2D eigenvalue weighted by Crippen LogP contribution is 2.32. The van der Waals surface area contributed by atoms with E-state index in [1.165, 1.54) is 11.3 Å². The molecule has 2 aromatic carbocycles. The number of carbonyl (C=O) groups is 2. The lowest BCUT2D eigenvalue weighted by molar-refractivity contribution is -0.143. The van der Waals surface area contributed by atoms with Crippen molar-refractivity contribution in [2.45, 2.75) is 27.3 Å². The van der Waals surface area contributed by atoms with Crippen LogP contribution in [0, 0.1) is 0 Å². The molecule has 0 saturated heterocycles. The van der Waals surface area contributed by atoms with Crippen LogP contribution >= 0.6 is 34.5 Å². The van der Waals surface area contributed by atoms with Crippen LogP contribution in [-0.4, -0.2) is 36.1 Å². The molecule has 6 nitrogen and oxygen atoms in total. The third kappa shape index (κ3) is 5.11. The van der Waals surface area contributed by atoms with E-state index in [1.54, 1.807) is 35.8 Å². The van der Waals surface area contributed by atoms with Crippen LogP contribution in [0.1, 0.15) is 31.1 Å². The number of rotatable bonds is 7. The lowest BCUT2D eigenvalue weighted by Crippen LogP contribution is -2.23. The van der Waals surface area contributed by atoms with Crippen molar-refractivity contribution in [1.82, 2.24) is 4.57 Å². The van der Waals surface area contributed by atoms with Crippen molar-refractivity contribution in [3.8, 4) is 0 Å².